The predicted molar refractivity (Wildman–Crippen MR) is 93.2 cm³/mol. The second-order valence-corrected chi connectivity index (χ2v) is 5.75. The van der Waals surface area contributed by atoms with Crippen molar-refractivity contribution in [2.45, 2.75) is 85.5 Å². The highest BCUT2D eigenvalue weighted by molar-refractivity contribution is 6.00. The van der Waals surface area contributed by atoms with Crippen LogP contribution in [0.4, 0.5) is 0 Å². The van der Waals surface area contributed by atoms with Crippen LogP contribution < -0.4 is 0 Å². The van der Waals surface area contributed by atoms with Crippen LogP contribution in [0.25, 0.3) is 0 Å². The number of esters is 2. The summed E-state index contributed by atoms with van der Waals surface area (Å²) in [4.78, 5) is 24.5. The molecular weight excluding hydrogens is 292 g/mol. The third kappa shape index (κ3) is 9.42. The van der Waals surface area contributed by atoms with Crippen LogP contribution in [0, 0.1) is 0 Å². The molecule has 0 unspecified atom stereocenters. The van der Waals surface area contributed by atoms with E-state index in [2.05, 4.69) is 6.92 Å². The van der Waals surface area contributed by atoms with Gasteiger partial charge in [0, 0.05) is 11.1 Å². The Morgan fingerprint density at radius 3 is 1.65 bits per heavy atom. The molecule has 0 aliphatic carbocycles. The third-order valence-corrected chi connectivity index (χ3v) is 3.62. The summed E-state index contributed by atoms with van der Waals surface area (Å²) in [5.41, 5.74) is 0.994. The summed E-state index contributed by atoms with van der Waals surface area (Å²) in [5, 5.41) is 0. The number of carbonyl (C=O) groups is 2. The lowest BCUT2D eigenvalue weighted by molar-refractivity contribution is -0.142. The summed E-state index contributed by atoms with van der Waals surface area (Å²) in [7, 11) is 0. The molecule has 0 heterocycles. The highest BCUT2D eigenvalue weighted by Gasteiger charge is 2.21. The Hall–Kier alpha value is -1.32. The summed E-state index contributed by atoms with van der Waals surface area (Å²) in [5.74, 6) is -0.723. The molecule has 0 aromatic rings. The summed E-state index contributed by atoms with van der Waals surface area (Å²) in [6.07, 6.45) is 8.16. The predicted octanol–water partition coefficient (Wildman–Crippen LogP) is 4.96. The molecule has 0 aromatic carbocycles. The van der Waals surface area contributed by atoms with Crippen molar-refractivity contribution in [3.05, 3.63) is 11.1 Å². The minimum Gasteiger partial charge on any atom is -0.462 e. The van der Waals surface area contributed by atoms with E-state index >= 15 is 0 Å². The van der Waals surface area contributed by atoms with Crippen molar-refractivity contribution < 1.29 is 19.1 Å². The highest BCUT2D eigenvalue weighted by Crippen LogP contribution is 2.20. The first-order valence-electron chi connectivity index (χ1n) is 9.18. The summed E-state index contributed by atoms with van der Waals surface area (Å²) in [6, 6.07) is 0. The van der Waals surface area contributed by atoms with Gasteiger partial charge in [-0.05, 0) is 32.1 Å². The SMILES string of the molecule is CCCCCCCC(C(=O)OCCC)=C(CC)C(=O)OCCC. The smallest absolute Gasteiger partial charge is 0.334 e. The maximum absolute atomic E-state index is 12.3. The summed E-state index contributed by atoms with van der Waals surface area (Å²) >= 11 is 0. The van der Waals surface area contributed by atoms with Crippen LogP contribution in [0.15, 0.2) is 11.1 Å². The van der Waals surface area contributed by atoms with Gasteiger partial charge in [0.05, 0.1) is 13.2 Å². The lowest BCUT2D eigenvalue weighted by Crippen LogP contribution is -2.17. The van der Waals surface area contributed by atoms with E-state index in [1.807, 2.05) is 20.8 Å². The molecule has 0 rings (SSSR count). The molecule has 0 atom stereocenters. The Bertz CT molecular complexity index is 372. The second-order valence-electron chi connectivity index (χ2n) is 5.75. The van der Waals surface area contributed by atoms with Gasteiger partial charge >= 0.3 is 11.9 Å². The first-order chi connectivity index (χ1) is 11.1. The fourth-order valence-electron chi connectivity index (χ4n) is 2.33. The Morgan fingerprint density at radius 1 is 0.652 bits per heavy atom. The zero-order chi connectivity index (χ0) is 17.5. The minimum absolute atomic E-state index is 0.354. The van der Waals surface area contributed by atoms with E-state index in [1.54, 1.807) is 0 Å². The van der Waals surface area contributed by atoms with Crippen molar-refractivity contribution in [1.82, 2.24) is 0 Å². The highest BCUT2D eigenvalue weighted by atomic mass is 16.5. The van der Waals surface area contributed by atoms with E-state index in [1.165, 1.54) is 12.8 Å². The molecule has 0 N–H and O–H groups in total. The molecule has 0 aromatic heterocycles. The maximum Gasteiger partial charge on any atom is 0.334 e. The normalized spacial score (nSPS) is 11.8. The van der Waals surface area contributed by atoms with Crippen molar-refractivity contribution in [3.8, 4) is 0 Å². The Morgan fingerprint density at radius 2 is 1.17 bits per heavy atom. The largest absolute Gasteiger partial charge is 0.462 e. The van der Waals surface area contributed by atoms with Gasteiger partial charge in [0.1, 0.15) is 0 Å². The molecule has 0 amide bonds. The van der Waals surface area contributed by atoms with Crippen LogP contribution in [-0.4, -0.2) is 25.2 Å². The molecule has 4 heteroatoms. The molecule has 0 radical (unpaired) electrons. The quantitative estimate of drug-likeness (QED) is 0.273. The fourth-order valence-corrected chi connectivity index (χ4v) is 2.33. The van der Waals surface area contributed by atoms with E-state index in [9.17, 15) is 9.59 Å². The zero-order valence-electron chi connectivity index (χ0n) is 15.4. The van der Waals surface area contributed by atoms with Crippen LogP contribution >= 0.6 is 0 Å². The van der Waals surface area contributed by atoms with Crippen LogP contribution in [-0.2, 0) is 19.1 Å². The molecular formula is C19H34O4. The molecule has 0 aliphatic rings. The van der Waals surface area contributed by atoms with Crippen molar-refractivity contribution in [1.29, 1.82) is 0 Å². The van der Waals surface area contributed by atoms with Gasteiger partial charge in [0.15, 0.2) is 0 Å². The number of hydrogen-bond acceptors (Lipinski definition) is 4. The number of carbonyl (C=O) groups excluding carboxylic acids is 2. The van der Waals surface area contributed by atoms with Crippen molar-refractivity contribution in [2.75, 3.05) is 13.2 Å². The van der Waals surface area contributed by atoms with Gasteiger partial charge in [-0.25, -0.2) is 9.59 Å². The molecule has 0 fully saturated rings. The molecule has 0 spiro atoms. The van der Waals surface area contributed by atoms with E-state index in [4.69, 9.17) is 9.47 Å². The Labute approximate surface area is 141 Å². The average molecular weight is 326 g/mol. The Balaban J connectivity index is 4.97. The van der Waals surface area contributed by atoms with E-state index in [0.717, 1.165) is 32.1 Å². The van der Waals surface area contributed by atoms with Crippen LogP contribution in [0.3, 0.4) is 0 Å². The molecule has 4 nitrogen and oxygen atoms in total. The van der Waals surface area contributed by atoms with E-state index in [0.29, 0.717) is 37.2 Å². The minimum atomic E-state index is -0.369. The number of hydrogen-bond donors (Lipinski definition) is 0. The first-order valence-corrected chi connectivity index (χ1v) is 9.18. The van der Waals surface area contributed by atoms with Crippen LogP contribution in [0.5, 0.6) is 0 Å². The third-order valence-electron chi connectivity index (χ3n) is 3.62. The lowest BCUT2D eigenvalue weighted by atomic mass is 9.99. The monoisotopic (exact) mass is 326 g/mol. The second kappa shape index (κ2) is 14.3. The molecule has 0 aliphatic heterocycles. The standard InChI is InChI=1S/C19H34O4/c1-5-9-10-11-12-13-17(19(21)23-15-7-3)16(8-4)18(20)22-14-6-2/h5-15H2,1-4H3. The van der Waals surface area contributed by atoms with Gasteiger partial charge in [0.2, 0.25) is 0 Å². The lowest BCUT2D eigenvalue weighted by Gasteiger charge is -2.13. The molecule has 23 heavy (non-hydrogen) atoms. The average Bonchev–Trinajstić information content (AvgIpc) is 2.56. The van der Waals surface area contributed by atoms with Gasteiger partial charge in [-0.15, -0.1) is 0 Å². The van der Waals surface area contributed by atoms with Crippen LogP contribution in [0.2, 0.25) is 0 Å². The van der Waals surface area contributed by atoms with Crippen molar-refractivity contribution in [2.24, 2.45) is 0 Å². The zero-order valence-corrected chi connectivity index (χ0v) is 15.4. The fraction of sp³-hybridized carbons (Fsp3) is 0.789. The first kappa shape index (κ1) is 21.7. The topological polar surface area (TPSA) is 52.6 Å². The van der Waals surface area contributed by atoms with Gasteiger partial charge < -0.3 is 9.47 Å². The number of rotatable bonds is 13. The molecule has 134 valence electrons. The van der Waals surface area contributed by atoms with Gasteiger partial charge in [-0.2, -0.15) is 0 Å². The van der Waals surface area contributed by atoms with Crippen LogP contribution in [0.1, 0.15) is 85.5 Å². The van der Waals surface area contributed by atoms with Gasteiger partial charge in [-0.1, -0.05) is 53.4 Å². The van der Waals surface area contributed by atoms with Gasteiger partial charge in [-0.3, -0.25) is 0 Å². The van der Waals surface area contributed by atoms with Gasteiger partial charge in [0.25, 0.3) is 0 Å². The number of ether oxygens (including phenoxy) is 2. The summed E-state index contributed by atoms with van der Waals surface area (Å²) < 4.78 is 10.5. The molecule has 0 bridgehead atoms. The number of unbranched alkanes of at least 4 members (excludes halogenated alkanes) is 4. The van der Waals surface area contributed by atoms with E-state index in [-0.39, 0.29) is 11.9 Å². The summed E-state index contributed by atoms with van der Waals surface area (Å²) in [6.45, 7) is 8.73. The maximum atomic E-state index is 12.3. The van der Waals surface area contributed by atoms with Crippen molar-refractivity contribution in [3.63, 3.8) is 0 Å². The molecule has 0 saturated carbocycles. The van der Waals surface area contributed by atoms with E-state index < -0.39 is 0 Å². The van der Waals surface area contributed by atoms with Crippen molar-refractivity contribution >= 4 is 11.9 Å². The Kier molecular flexibility index (Phi) is 13.5. The molecule has 0 saturated heterocycles.